The highest BCUT2D eigenvalue weighted by atomic mass is 16.4. The Morgan fingerprint density at radius 2 is 1.86 bits per heavy atom. The van der Waals surface area contributed by atoms with Gasteiger partial charge in [0.15, 0.2) is 0 Å². The SMILES string of the molecule is CCN(CC(C)C(=O)O)C1CCC(c2ccccc2)CC1. The summed E-state index contributed by atoms with van der Waals surface area (Å²) in [5, 5.41) is 9.09. The first kappa shape index (κ1) is 16.0. The number of carboxylic acids is 1. The van der Waals surface area contributed by atoms with Gasteiger partial charge in [-0.05, 0) is 43.7 Å². The minimum atomic E-state index is -0.688. The molecule has 0 amide bonds. The predicted octanol–water partition coefficient (Wildman–Crippen LogP) is 3.76. The average Bonchev–Trinajstić information content (AvgIpc) is 2.53. The van der Waals surface area contributed by atoms with Crippen LogP contribution in [0.4, 0.5) is 0 Å². The molecule has 2 rings (SSSR count). The highest BCUT2D eigenvalue weighted by Crippen LogP contribution is 2.34. The van der Waals surface area contributed by atoms with Crippen LogP contribution in [0.3, 0.4) is 0 Å². The molecular weight excluding hydrogens is 262 g/mol. The molecular formula is C18H27NO2. The molecule has 3 heteroatoms. The molecule has 1 aliphatic carbocycles. The van der Waals surface area contributed by atoms with Crippen LogP contribution >= 0.6 is 0 Å². The summed E-state index contributed by atoms with van der Waals surface area (Å²) in [6, 6.07) is 11.3. The zero-order chi connectivity index (χ0) is 15.2. The van der Waals surface area contributed by atoms with E-state index in [1.807, 2.05) is 0 Å². The van der Waals surface area contributed by atoms with Crippen molar-refractivity contribution in [3.63, 3.8) is 0 Å². The van der Waals surface area contributed by atoms with E-state index in [4.69, 9.17) is 5.11 Å². The lowest BCUT2D eigenvalue weighted by Crippen LogP contribution is -2.41. The van der Waals surface area contributed by atoms with E-state index in [-0.39, 0.29) is 5.92 Å². The number of benzene rings is 1. The molecule has 0 radical (unpaired) electrons. The fraction of sp³-hybridized carbons (Fsp3) is 0.611. The number of carbonyl (C=O) groups is 1. The molecule has 0 aliphatic heterocycles. The minimum Gasteiger partial charge on any atom is -0.481 e. The number of nitrogens with zero attached hydrogens (tertiary/aromatic N) is 1. The van der Waals surface area contributed by atoms with E-state index in [2.05, 4.69) is 42.2 Å². The largest absolute Gasteiger partial charge is 0.481 e. The Balaban J connectivity index is 1.88. The molecule has 1 N–H and O–H groups in total. The lowest BCUT2D eigenvalue weighted by atomic mass is 9.81. The molecule has 1 aromatic rings. The summed E-state index contributed by atoms with van der Waals surface area (Å²) < 4.78 is 0. The number of hydrogen-bond donors (Lipinski definition) is 1. The summed E-state index contributed by atoms with van der Waals surface area (Å²) in [6.45, 7) is 5.56. The van der Waals surface area contributed by atoms with Crippen molar-refractivity contribution in [3.05, 3.63) is 35.9 Å². The van der Waals surface area contributed by atoms with Crippen LogP contribution in [-0.2, 0) is 4.79 Å². The first-order valence-corrected chi connectivity index (χ1v) is 8.13. The van der Waals surface area contributed by atoms with Crippen LogP contribution in [-0.4, -0.2) is 35.1 Å². The summed E-state index contributed by atoms with van der Waals surface area (Å²) in [5.41, 5.74) is 1.46. The van der Waals surface area contributed by atoms with Crippen molar-refractivity contribution in [1.29, 1.82) is 0 Å². The van der Waals surface area contributed by atoms with Crippen LogP contribution in [0.15, 0.2) is 30.3 Å². The van der Waals surface area contributed by atoms with Gasteiger partial charge in [0.2, 0.25) is 0 Å². The first-order valence-electron chi connectivity index (χ1n) is 8.13. The van der Waals surface area contributed by atoms with Crippen molar-refractivity contribution in [2.75, 3.05) is 13.1 Å². The standard InChI is InChI=1S/C18H27NO2/c1-3-19(13-14(2)18(20)21)17-11-9-16(10-12-17)15-7-5-4-6-8-15/h4-8,14,16-17H,3,9-13H2,1-2H3,(H,20,21). The van der Waals surface area contributed by atoms with Crippen LogP contribution in [0.2, 0.25) is 0 Å². The maximum atomic E-state index is 11.0. The molecule has 0 heterocycles. The van der Waals surface area contributed by atoms with E-state index >= 15 is 0 Å². The number of rotatable bonds is 6. The summed E-state index contributed by atoms with van der Waals surface area (Å²) in [6.07, 6.45) is 4.79. The molecule has 3 nitrogen and oxygen atoms in total. The van der Waals surface area contributed by atoms with Crippen LogP contribution < -0.4 is 0 Å². The van der Waals surface area contributed by atoms with Gasteiger partial charge in [-0.1, -0.05) is 44.2 Å². The molecule has 1 unspecified atom stereocenters. The maximum absolute atomic E-state index is 11.0. The van der Waals surface area contributed by atoms with Crippen molar-refractivity contribution in [2.24, 2.45) is 5.92 Å². The molecule has 0 saturated heterocycles. The van der Waals surface area contributed by atoms with Gasteiger partial charge in [-0.15, -0.1) is 0 Å². The number of aliphatic carboxylic acids is 1. The van der Waals surface area contributed by atoms with E-state index in [1.165, 1.54) is 31.2 Å². The Morgan fingerprint density at radius 3 is 2.38 bits per heavy atom. The summed E-state index contributed by atoms with van der Waals surface area (Å²) >= 11 is 0. The van der Waals surface area contributed by atoms with E-state index < -0.39 is 5.97 Å². The number of hydrogen-bond acceptors (Lipinski definition) is 2. The smallest absolute Gasteiger partial charge is 0.307 e. The third-order valence-electron chi connectivity index (χ3n) is 4.82. The van der Waals surface area contributed by atoms with Crippen molar-refractivity contribution in [3.8, 4) is 0 Å². The molecule has 21 heavy (non-hydrogen) atoms. The second-order valence-corrected chi connectivity index (χ2v) is 6.24. The van der Waals surface area contributed by atoms with Crippen molar-refractivity contribution < 1.29 is 9.90 Å². The van der Waals surface area contributed by atoms with Gasteiger partial charge in [0.05, 0.1) is 5.92 Å². The summed E-state index contributed by atoms with van der Waals surface area (Å²) in [5.74, 6) is -0.290. The quantitative estimate of drug-likeness (QED) is 0.867. The van der Waals surface area contributed by atoms with Crippen LogP contribution in [0.25, 0.3) is 0 Å². The van der Waals surface area contributed by atoms with Crippen LogP contribution in [0, 0.1) is 5.92 Å². The van der Waals surface area contributed by atoms with Crippen LogP contribution in [0.5, 0.6) is 0 Å². The normalized spacial score (nSPS) is 24.0. The van der Waals surface area contributed by atoms with E-state index in [1.54, 1.807) is 6.92 Å². The second kappa shape index (κ2) is 7.60. The fourth-order valence-corrected chi connectivity index (χ4v) is 3.47. The third kappa shape index (κ3) is 4.31. The Hall–Kier alpha value is -1.35. The summed E-state index contributed by atoms with van der Waals surface area (Å²) in [7, 11) is 0. The van der Waals surface area contributed by atoms with Gasteiger partial charge >= 0.3 is 5.97 Å². The Labute approximate surface area is 128 Å². The van der Waals surface area contributed by atoms with E-state index in [9.17, 15) is 4.79 Å². The van der Waals surface area contributed by atoms with Gasteiger partial charge in [-0.2, -0.15) is 0 Å². The van der Waals surface area contributed by atoms with Crippen molar-refractivity contribution >= 4 is 5.97 Å². The number of carboxylic acid groups (broad SMARTS) is 1. The molecule has 1 aromatic carbocycles. The third-order valence-corrected chi connectivity index (χ3v) is 4.82. The monoisotopic (exact) mass is 289 g/mol. The lowest BCUT2D eigenvalue weighted by molar-refractivity contribution is -0.142. The lowest BCUT2D eigenvalue weighted by Gasteiger charge is -2.37. The molecule has 1 atom stereocenters. The van der Waals surface area contributed by atoms with Crippen molar-refractivity contribution in [1.82, 2.24) is 4.90 Å². The first-order chi connectivity index (χ1) is 10.1. The van der Waals surface area contributed by atoms with E-state index in [0.29, 0.717) is 18.5 Å². The van der Waals surface area contributed by atoms with Gasteiger partial charge in [-0.25, -0.2) is 0 Å². The zero-order valence-corrected chi connectivity index (χ0v) is 13.2. The Bertz CT molecular complexity index is 438. The predicted molar refractivity (Wildman–Crippen MR) is 85.5 cm³/mol. The highest BCUT2D eigenvalue weighted by Gasteiger charge is 2.27. The zero-order valence-electron chi connectivity index (χ0n) is 13.2. The van der Waals surface area contributed by atoms with Gasteiger partial charge in [0.25, 0.3) is 0 Å². The molecule has 116 valence electrons. The summed E-state index contributed by atoms with van der Waals surface area (Å²) in [4.78, 5) is 13.4. The molecule has 0 spiro atoms. The maximum Gasteiger partial charge on any atom is 0.307 e. The van der Waals surface area contributed by atoms with Gasteiger partial charge < -0.3 is 5.11 Å². The van der Waals surface area contributed by atoms with Gasteiger partial charge in [0.1, 0.15) is 0 Å². The fourth-order valence-electron chi connectivity index (χ4n) is 3.47. The van der Waals surface area contributed by atoms with Gasteiger partial charge in [-0.3, -0.25) is 9.69 Å². The molecule has 1 fully saturated rings. The molecule has 1 saturated carbocycles. The van der Waals surface area contributed by atoms with E-state index in [0.717, 1.165) is 6.54 Å². The molecule has 0 aromatic heterocycles. The minimum absolute atomic E-state index is 0.281. The highest BCUT2D eigenvalue weighted by molar-refractivity contribution is 5.69. The van der Waals surface area contributed by atoms with Gasteiger partial charge in [0, 0.05) is 12.6 Å². The topological polar surface area (TPSA) is 40.5 Å². The van der Waals surface area contributed by atoms with Crippen molar-refractivity contribution in [2.45, 2.75) is 51.5 Å². The Kier molecular flexibility index (Phi) is 5.80. The van der Waals surface area contributed by atoms with Crippen LogP contribution in [0.1, 0.15) is 51.0 Å². The second-order valence-electron chi connectivity index (χ2n) is 6.24. The average molecular weight is 289 g/mol. The molecule has 1 aliphatic rings. The molecule has 0 bridgehead atoms. The Morgan fingerprint density at radius 1 is 1.24 bits per heavy atom.